The number of rotatable bonds is 3. The van der Waals surface area contributed by atoms with Gasteiger partial charge in [-0.1, -0.05) is 0 Å². The molecule has 84 valence electrons. The van der Waals surface area contributed by atoms with Crippen LogP contribution >= 0.6 is 0 Å². The van der Waals surface area contributed by atoms with E-state index in [1.54, 1.807) is 0 Å². The van der Waals surface area contributed by atoms with Crippen LogP contribution in [0.25, 0.3) is 11.0 Å². The summed E-state index contributed by atoms with van der Waals surface area (Å²) in [5, 5.41) is 3.60. The molecule has 1 heterocycles. The summed E-state index contributed by atoms with van der Waals surface area (Å²) in [7, 11) is 0. The Bertz CT molecular complexity index is 516. The molecule has 1 atom stereocenters. The summed E-state index contributed by atoms with van der Waals surface area (Å²) >= 11 is 0.0623. The minimum atomic E-state index is 0.0623. The van der Waals surface area contributed by atoms with Crippen LogP contribution in [-0.4, -0.2) is 29.0 Å². The van der Waals surface area contributed by atoms with Gasteiger partial charge in [0.25, 0.3) is 0 Å². The summed E-state index contributed by atoms with van der Waals surface area (Å²) in [4.78, 5) is 0. The van der Waals surface area contributed by atoms with Gasteiger partial charge in [-0.25, -0.2) is 0 Å². The van der Waals surface area contributed by atoms with Gasteiger partial charge >= 0.3 is 101 Å². The standard InChI is InChI=1S/C12H15N3Se/c1-8(12(2)6-7-12)13-9-4-3-5-10-11(9)15-16-14-10/h3-5,8,13H,6-7H2,1-2H3. The van der Waals surface area contributed by atoms with Crippen LogP contribution in [-0.2, 0) is 0 Å². The Morgan fingerprint density at radius 3 is 2.94 bits per heavy atom. The Hall–Kier alpha value is -0.861. The summed E-state index contributed by atoms with van der Waals surface area (Å²) in [6.45, 7) is 4.61. The monoisotopic (exact) mass is 281 g/mol. The van der Waals surface area contributed by atoms with Gasteiger partial charge in [0.1, 0.15) is 0 Å². The first-order valence-corrected chi connectivity index (χ1v) is 7.20. The van der Waals surface area contributed by atoms with Gasteiger partial charge in [0, 0.05) is 0 Å². The van der Waals surface area contributed by atoms with Crippen LogP contribution in [0, 0.1) is 5.41 Å². The van der Waals surface area contributed by atoms with Crippen molar-refractivity contribution >= 4 is 31.7 Å². The van der Waals surface area contributed by atoms with Gasteiger partial charge < -0.3 is 0 Å². The number of hydrogen-bond acceptors (Lipinski definition) is 3. The molecule has 1 aromatic carbocycles. The second kappa shape index (κ2) is 3.57. The number of hydrogen-bond donors (Lipinski definition) is 1. The van der Waals surface area contributed by atoms with Crippen molar-refractivity contribution in [3.63, 3.8) is 0 Å². The first-order valence-electron chi connectivity index (χ1n) is 5.67. The van der Waals surface area contributed by atoms with E-state index in [-0.39, 0.29) is 15.0 Å². The van der Waals surface area contributed by atoms with Crippen LogP contribution in [0.4, 0.5) is 5.69 Å². The average Bonchev–Trinajstić information content (AvgIpc) is 2.85. The van der Waals surface area contributed by atoms with E-state index < -0.39 is 0 Å². The summed E-state index contributed by atoms with van der Waals surface area (Å²) in [5.41, 5.74) is 3.77. The molecule has 0 aliphatic heterocycles. The second-order valence-electron chi connectivity index (χ2n) is 4.96. The van der Waals surface area contributed by atoms with Gasteiger partial charge in [-0.15, -0.1) is 0 Å². The zero-order chi connectivity index (χ0) is 11.2. The van der Waals surface area contributed by atoms with Gasteiger partial charge in [0.05, 0.1) is 0 Å². The third-order valence-corrected chi connectivity index (χ3v) is 4.88. The van der Waals surface area contributed by atoms with E-state index in [2.05, 4.69) is 39.3 Å². The fourth-order valence-corrected chi connectivity index (χ4v) is 3.11. The fourth-order valence-electron chi connectivity index (χ4n) is 1.96. The first-order chi connectivity index (χ1) is 7.69. The van der Waals surface area contributed by atoms with Crippen molar-refractivity contribution in [2.24, 2.45) is 5.41 Å². The van der Waals surface area contributed by atoms with Crippen LogP contribution in [0.5, 0.6) is 0 Å². The third-order valence-electron chi connectivity index (χ3n) is 3.74. The predicted molar refractivity (Wildman–Crippen MR) is 66.9 cm³/mol. The molecule has 1 aliphatic carbocycles. The molecule has 1 aliphatic rings. The van der Waals surface area contributed by atoms with Gasteiger partial charge in [-0.3, -0.25) is 0 Å². The molecule has 0 spiro atoms. The number of benzene rings is 1. The Balaban J connectivity index is 1.91. The predicted octanol–water partition coefficient (Wildman–Crippen LogP) is 2.29. The normalized spacial score (nSPS) is 19.6. The Morgan fingerprint density at radius 1 is 1.38 bits per heavy atom. The molecule has 1 saturated carbocycles. The van der Waals surface area contributed by atoms with E-state index in [1.807, 2.05) is 6.07 Å². The molecule has 2 aromatic rings. The number of nitrogens with zero attached hydrogens (tertiary/aromatic N) is 2. The number of aromatic nitrogens is 2. The van der Waals surface area contributed by atoms with E-state index in [1.165, 1.54) is 12.8 Å². The first kappa shape index (κ1) is 10.3. The Morgan fingerprint density at radius 2 is 2.19 bits per heavy atom. The quantitative estimate of drug-likeness (QED) is 0.877. The molecule has 1 unspecified atom stereocenters. The van der Waals surface area contributed by atoms with Crippen LogP contribution in [0.2, 0.25) is 0 Å². The summed E-state index contributed by atoms with van der Waals surface area (Å²) in [5.74, 6) is 0. The van der Waals surface area contributed by atoms with E-state index in [9.17, 15) is 0 Å². The number of fused-ring (bicyclic) bond motifs is 1. The van der Waals surface area contributed by atoms with E-state index in [0.29, 0.717) is 11.5 Å². The molecule has 0 amide bonds. The molecule has 0 bridgehead atoms. The average molecular weight is 280 g/mol. The molecular formula is C12H15N3Se. The van der Waals surface area contributed by atoms with Gasteiger partial charge in [0.2, 0.25) is 0 Å². The van der Waals surface area contributed by atoms with Gasteiger partial charge in [0.15, 0.2) is 0 Å². The summed E-state index contributed by atoms with van der Waals surface area (Å²) in [6.07, 6.45) is 2.67. The number of anilines is 1. The van der Waals surface area contributed by atoms with Gasteiger partial charge in [-0.05, 0) is 0 Å². The molecule has 4 heteroatoms. The molecule has 3 rings (SSSR count). The summed E-state index contributed by atoms with van der Waals surface area (Å²) in [6, 6.07) is 6.73. The zero-order valence-corrected chi connectivity index (χ0v) is 11.2. The second-order valence-corrected chi connectivity index (χ2v) is 6.07. The van der Waals surface area contributed by atoms with Gasteiger partial charge in [-0.2, -0.15) is 0 Å². The van der Waals surface area contributed by atoms with Crippen LogP contribution in [0.1, 0.15) is 26.7 Å². The molecular weight excluding hydrogens is 265 g/mol. The van der Waals surface area contributed by atoms with Crippen molar-refractivity contribution in [1.29, 1.82) is 0 Å². The van der Waals surface area contributed by atoms with Crippen LogP contribution < -0.4 is 5.32 Å². The van der Waals surface area contributed by atoms with Crippen molar-refractivity contribution in [3.05, 3.63) is 18.2 Å². The minimum absolute atomic E-state index is 0.0623. The molecule has 0 saturated heterocycles. The SMILES string of the molecule is CC(Nc1cccc2n[se]nc12)C1(C)CC1. The molecule has 1 N–H and O–H groups in total. The van der Waals surface area contributed by atoms with Crippen molar-refractivity contribution in [2.75, 3.05) is 5.32 Å². The number of nitrogens with one attached hydrogen (secondary N) is 1. The molecule has 1 aromatic heterocycles. The summed E-state index contributed by atoms with van der Waals surface area (Å²) < 4.78 is 8.89. The van der Waals surface area contributed by atoms with Crippen molar-refractivity contribution in [1.82, 2.24) is 7.96 Å². The Labute approximate surface area is 101 Å². The van der Waals surface area contributed by atoms with Crippen LogP contribution in [0.15, 0.2) is 18.2 Å². The van der Waals surface area contributed by atoms with Crippen molar-refractivity contribution in [3.8, 4) is 0 Å². The molecule has 3 nitrogen and oxygen atoms in total. The van der Waals surface area contributed by atoms with E-state index in [4.69, 9.17) is 0 Å². The maximum atomic E-state index is 4.49. The third kappa shape index (κ3) is 1.66. The topological polar surface area (TPSA) is 37.8 Å². The van der Waals surface area contributed by atoms with E-state index >= 15 is 0 Å². The maximum absolute atomic E-state index is 4.49. The fraction of sp³-hybridized carbons (Fsp3) is 0.500. The molecule has 16 heavy (non-hydrogen) atoms. The zero-order valence-electron chi connectivity index (χ0n) is 9.53. The van der Waals surface area contributed by atoms with Crippen LogP contribution in [0.3, 0.4) is 0 Å². The Kier molecular flexibility index (Phi) is 2.30. The van der Waals surface area contributed by atoms with Crippen molar-refractivity contribution in [2.45, 2.75) is 32.7 Å². The van der Waals surface area contributed by atoms with E-state index in [0.717, 1.165) is 16.7 Å². The molecule has 0 radical (unpaired) electrons. The van der Waals surface area contributed by atoms with Crippen molar-refractivity contribution < 1.29 is 0 Å². The molecule has 1 fully saturated rings.